The van der Waals surface area contributed by atoms with Gasteiger partial charge in [0.2, 0.25) is 5.91 Å². The first-order valence-corrected chi connectivity index (χ1v) is 9.13. The quantitative estimate of drug-likeness (QED) is 0.714. The van der Waals surface area contributed by atoms with Gasteiger partial charge in [0.05, 0.1) is 17.2 Å². The molecule has 10 heteroatoms. The molecule has 152 valence electrons. The number of aromatic nitrogens is 3. The molecule has 1 aliphatic heterocycles. The predicted molar refractivity (Wildman–Crippen MR) is 99.3 cm³/mol. The number of amides is 1. The zero-order chi connectivity index (χ0) is 20.6. The molecule has 1 atom stereocenters. The Morgan fingerprint density at radius 3 is 2.93 bits per heavy atom. The maximum absolute atomic E-state index is 12.9. The van der Waals surface area contributed by atoms with E-state index in [1.54, 1.807) is 6.92 Å². The van der Waals surface area contributed by atoms with Crippen molar-refractivity contribution in [2.75, 3.05) is 23.3 Å². The standard InChI is InChI=1S/C19H18F3N5O2/c1-11-15-16(23-10-24-18(15)29-26-11)27-7-3-4-12(9-27)17(28)25-14-6-2-5-13(8-14)19(20,21)22/h2,5-6,8,10,12H,3-4,7,9H2,1H3,(H,25,28). The van der Waals surface area contributed by atoms with Crippen molar-refractivity contribution in [3.05, 3.63) is 41.9 Å². The molecule has 4 rings (SSSR count). The minimum absolute atomic E-state index is 0.126. The molecule has 1 unspecified atom stereocenters. The van der Waals surface area contributed by atoms with E-state index in [1.807, 2.05) is 4.90 Å². The second-order valence-corrected chi connectivity index (χ2v) is 7.00. The number of anilines is 2. The third kappa shape index (κ3) is 3.87. The van der Waals surface area contributed by atoms with Gasteiger partial charge in [-0.05, 0) is 38.0 Å². The minimum atomic E-state index is -4.46. The summed E-state index contributed by atoms with van der Waals surface area (Å²) in [5.74, 6) is -0.0600. The summed E-state index contributed by atoms with van der Waals surface area (Å²) in [5, 5.41) is 7.22. The van der Waals surface area contributed by atoms with Crippen molar-refractivity contribution < 1.29 is 22.5 Å². The molecular formula is C19H18F3N5O2. The summed E-state index contributed by atoms with van der Waals surface area (Å²) in [5.41, 5.74) is 0.363. The topological polar surface area (TPSA) is 84.2 Å². The van der Waals surface area contributed by atoms with Crippen molar-refractivity contribution in [2.45, 2.75) is 25.9 Å². The van der Waals surface area contributed by atoms with E-state index in [1.165, 1.54) is 18.5 Å². The number of carbonyl (C=O) groups is 1. The van der Waals surface area contributed by atoms with E-state index in [0.717, 1.165) is 18.6 Å². The normalized spacial score (nSPS) is 17.5. The molecule has 0 bridgehead atoms. The Kier molecular flexibility index (Phi) is 4.85. The summed E-state index contributed by atoms with van der Waals surface area (Å²) in [7, 11) is 0. The molecule has 0 saturated carbocycles. The molecule has 1 fully saturated rings. The van der Waals surface area contributed by atoms with Gasteiger partial charge in [-0.25, -0.2) is 4.98 Å². The van der Waals surface area contributed by atoms with Crippen LogP contribution in [0.1, 0.15) is 24.1 Å². The van der Waals surface area contributed by atoms with Crippen LogP contribution in [-0.4, -0.2) is 34.1 Å². The highest BCUT2D eigenvalue weighted by Crippen LogP contribution is 2.32. The van der Waals surface area contributed by atoms with Gasteiger partial charge in [-0.15, -0.1) is 0 Å². The van der Waals surface area contributed by atoms with Crippen LogP contribution in [0.25, 0.3) is 11.1 Å². The van der Waals surface area contributed by atoms with Gasteiger partial charge in [0.1, 0.15) is 17.5 Å². The zero-order valence-electron chi connectivity index (χ0n) is 15.5. The second kappa shape index (κ2) is 7.34. The summed E-state index contributed by atoms with van der Waals surface area (Å²) in [4.78, 5) is 23.1. The van der Waals surface area contributed by atoms with Gasteiger partial charge in [-0.3, -0.25) is 4.79 Å². The number of rotatable bonds is 3. The lowest BCUT2D eigenvalue weighted by Crippen LogP contribution is -2.41. The molecule has 0 spiro atoms. The fraction of sp³-hybridized carbons (Fsp3) is 0.368. The average molecular weight is 405 g/mol. The van der Waals surface area contributed by atoms with Crippen LogP contribution in [0.4, 0.5) is 24.7 Å². The number of halogens is 3. The molecule has 1 aromatic carbocycles. The van der Waals surface area contributed by atoms with Crippen molar-refractivity contribution in [3.63, 3.8) is 0 Å². The number of nitrogens with zero attached hydrogens (tertiary/aromatic N) is 4. The van der Waals surface area contributed by atoms with Gasteiger partial charge in [-0.2, -0.15) is 18.2 Å². The SMILES string of the molecule is Cc1noc2ncnc(N3CCCC(C(=O)Nc4cccc(C(F)(F)F)c4)C3)c12. The summed E-state index contributed by atoms with van der Waals surface area (Å²) in [6.45, 7) is 2.88. The first-order valence-electron chi connectivity index (χ1n) is 9.13. The molecule has 3 heterocycles. The number of aryl methyl sites for hydroxylation is 1. The van der Waals surface area contributed by atoms with Gasteiger partial charge < -0.3 is 14.7 Å². The highest BCUT2D eigenvalue weighted by molar-refractivity contribution is 5.94. The van der Waals surface area contributed by atoms with E-state index >= 15 is 0 Å². The predicted octanol–water partition coefficient (Wildman–Crippen LogP) is 3.80. The van der Waals surface area contributed by atoms with E-state index in [0.29, 0.717) is 42.1 Å². The molecule has 1 N–H and O–H groups in total. The van der Waals surface area contributed by atoms with Crippen LogP contribution in [0, 0.1) is 12.8 Å². The number of carbonyl (C=O) groups excluding carboxylic acids is 1. The smallest absolute Gasteiger partial charge is 0.355 e. The highest BCUT2D eigenvalue weighted by Gasteiger charge is 2.31. The lowest BCUT2D eigenvalue weighted by Gasteiger charge is -2.33. The Morgan fingerprint density at radius 1 is 1.31 bits per heavy atom. The lowest BCUT2D eigenvalue weighted by atomic mass is 9.96. The maximum Gasteiger partial charge on any atom is 0.416 e. The van der Waals surface area contributed by atoms with Gasteiger partial charge in [-0.1, -0.05) is 11.2 Å². The second-order valence-electron chi connectivity index (χ2n) is 7.00. The van der Waals surface area contributed by atoms with E-state index in [9.17, 15) is 18.0 Å². The molecule has 7 nitrogen and oxygen atoms in total. The zero-order valence-corrected chi connectivity index (χ0v) is 15.5. The lowest BCUT2D eigenvalue weighted by molar-refractivity contribution is -0.137. The largest absolute Gasteiger partial charge is 0.416 e. The van der Waals surface area contributed by atoms with Crippen molar-refractivity contribution >= 4 is 28.5 Å². The molecule has 2 aromatic heterocycles. The molecule has 1 saturated heterocycles. The number of alkyl halides is 3. The van der Waals surface area contributed by atoms with E-state index < -0.39 is 11.7 Å². The van der Waals surface area contributed by atoms with Crippen LogP contribution in [0.2, 0.25) is 0 Å². The highest BCUT2D eigenvalue weighted by atomic mass is 19.4. The van der Waals surface area contributed by atoms with Crippen LogP contribution >= 0.6 is 0 Å². The van der Waals surface area contributed by atoms with Crippen molar-refractivity contribution in [1.29, 1.82) is 0 Å². The Morgan fingerprint density at radius 2 is 2.14 bits per heavy atom. The number of hydrogen-bond acceptors (Lipinski definition) is 6. The minimum Gasteiger partial charge on any atom is -0.355 e. The molecular weight excluding hydrogens is 387 g/mol. The fourth-order valence-corrected chi connectivity index (χ4v) is 3.54. The Balaban J connectivity index is 1.51. The Hall–Kier alpha value is -3.17. The van der Waals surface area contributed by atoms with E-state index in [-0.39, 0.29) is 17.5 Å². The van der Waals surface area contributed by atoms with Crippen molar-refractivity contribution in [1.82, 2.24) is 15.1 Å². The molecule has 3 aromatic rings. The average Bonchev–Trinajstić information content (AvgIpc) is 3.09. The summed E-state index contributed by atoms with van der Waals surface area (Å²) in [6.07, 6.45) is -1.69. The van der Waals surface area contributed by atoms with Crippen molar-refractivity contribution in [2.24, 2.45) is 5.92 Å². The van der Waals surface area contributed by atoms with Crippen molar-refractivity contribution in [3.8, 4) is 0 Å². The van der Waals surface area contributed by atoms with Crippen LogP contribution in [0.5, 0.6) is 0 Å². The molecule has 0 aliphatic carbocycles. The molecule has 29 heavy (non-hydrogen) atoms. The third-order valence-electron chi connectivity index (χ3n) is 4.97. The van der Waals surface area contributed by atoms with Crippen LogP contribution in [0.15, 0.2) is 35.1 Å². The number of benzene rings is 1. The van der Waals surface area contributed by atoms with Gasteiger partial charge in [0.25, 0.3) is 5.71 Å². The number of fused-ring (bicyclic) bond motifs is 1. The van der Waals surface area contributed by atoms with Crippen LogP contribution < -0.4 is 10.2 Å². The maximum atomic E-state index is 12.9. The summed E-state index contributed by atoms with van der Waals surface area (Å²) in [6, 6.07) is 4.63. The fourth-order valence-electron chi connectivity index (χ4n) is 3.54. The number of piperidine rings is 1. The third-order valence-corrected chi connectivity index (χ3v) is 4.97. The van der Waals surface area contributed by atoms with Gasteiger partial charge >= 0.3 is 6.18 Å². The summed E-state index contributed by atoms with van der Waals surface area (Å²) >= 11 is 0. The number of hydrogen-bond donors (Lipinski definition) is 1. The van der Waals surface area contributed by atoms with Gasteiger partial charge in [0.15, 0.2) is 0 Å². The Labute approximate surface area is 163 Å². The monoisotopic (exact) mass is 405 g/mol. The number of nitrogens with one attached hydrogen (secondary N) is 1. The molecule has 0 radical (unpaired) electrons. The first-order chi connectivity index (χ1) is 13.8. The van der Waals surface area contributed by atoms with Crippen LogP contribution in [0.3, 0.4) is 0 Å². The van der Waals surface area contributed by atoms with Crippen LogP contribution in [-0.2, 0) is 11.0 Å². The molecule has 1 aliphatic rings. The van der Waals surface area contributed by atoms with E-state index in [2.05, 4.69) is 20.4 Å². The van der Waals surface area contributed by atoms with E-state index in [4.69, 9.17) is 4.52 Å². The first kappa shape index (κ1) is 19.2. The van der Waals surface area contributed by atoms with Gasteiger partial charge in [0, 0.05) is 18.8 Å². The Bertz CT molecular complexity index is 1050. The molecule has 1 amide bonds. The summed E-state index contributed by atoms with van der Waals surface area (Å²) < 4.78 is 43.8.